The number of hydrogen-bond acceptors (Lipinski definition) is 4. The monoisotopic (exact) mass is 385 g/mol. The van der Waals surface area contributed by atoms with Crippen LogP contribution in [0.2, 0.25) is 0 Å². The van der Waals surface area contributed by atoms with E-state index < -0.39 is 11.2 Å². The molecule has 0 aliphatic carbocycles. The predicted molar refractivity (Wildman–Crippen MR) is 101 cm³/mol. The second-order valence-electron chi connectivity index (χ2n) is 7.10. The fourth-order valence-corrected chi connectivity index (χ4v) is 3.61. The molecule has 8 nitrogen and oxygen atoms in total. The Hall–Kier alpha value is -3.23. The minimum absolute atomic E-state index is 0.0436. The largest absolute Gasteiger partial charge is 0.342 e. The third kappa shape index (κ3) is 3.35. The van der Waals surface area contributed by atoms with Gasteiger partial charge in [0.05, 0.1) is 17.5 Å². The van der Waals surface area contributed by atoms with Gasteiger partial charge in [-0.25, -0.2) is 14.2 Å². The number of imidazole rings is 1. The average molecular weight is 385 g/mol. The molecule has 0 unspecified atom stereocenters. The van der Waals surface area contributed by atoms with E-state index in [2.05, 4.69) is 15.0 Å². The smallest absolute Gasteiger partial charge is 0.328 e. The minimum atomic E-state index is -0.507. The van der Waals surface area contributed by atoms with Crippen molar-refractivity contribution in [2.45, 2.75) is 25.2 Å². The molecule has 2 N–H and O–H groups in total. The van der Waals surface area contributed by atoms with E-state index in [9.17, 15) is 18.8 Å². The van der Waals surface area contributed by atoms with E-state index in [0.29, 0.717) is 18.6 Å². The summed E-state index contributed by atoms with van der Waals surface area (Å²) in [5, 5.41) is 0. The van der Waals surface area contributed by atoms with Crippen molar-refractivity contribution < 1.29 is 9.18 Å². The molecule has 1 amide bonds. The number of fused-ring (bicyclic) bond motifs is 1. The van der Waals surface area contributed by atoms with E-state index in [0.717, 1.165) is 28.7 Å². The molecular formula is C19H20FN5O3. The van der Waals surface area contributed by atoms with Crippen LogP contribution in [-0.4, -0.2) is 43.4 Å². The number of halogens is 1. The van der Waals surface area contributed by atoms with E-state index >= 15 is 0 Å². The number of amides is 1. The van der Waals surface area contributed by atoms with Crippen molar-refractivity contribution in [3.05, 3.63) is 62.4 Å². The van der Waals surface area contributed by atoms with E-state index in [-0.39, 0.29) is 29.6 Å². The number of nitrogens with zero attached hydrogens (tertiary/aromatic N) is 3. The Morgan fingerprint density at radius 2 is 2.04 bits per heavy atom. The molecule has 28 heavy (non-hydrogen) atoms. The lowest BCUT2D eigenvalue weighted by atomic mass is 9.96. The van der Waals surface area contributed by atoms with Gasteiger partial charge in [0.15, 0.2) is 0 Å². The highest BCUT2D eigenvalue weighted by Crippen LogP contribution is 2.28. The first-order valence-electron chi connectivity index (χ1n) is 9.13. The summed E-state index contributed by atoms with van der Waals surface area (Å²) >= 11 is 0. The van der Waals surface area contributed by atoms with Crippen molar-refractivity contribution >= 4 is 16.9 Å². The molecule has 0 saturated carbocycles. The molecule has 1 fully saturated rings. The Balaban J connectivity index is 1.42. The number of aromatic nitrogens is 4. The van der Waals surface area contributed by atoms with Gasteiger partial charge in [0.1, 0.15) is 11.6 Å². The summed E-state index contributed by atoms with van der Waals surface area (Å²) in [5.41, 5.74) is 0.703. The molecule has 0 bridgehead atoms. The summed E-state index contributed by atoms with van der Waals surface area (Å²) in [6.07, 6.45) is 2.73. The number of nitrogens with one attached hydrogen (secondary N) is 2. The lowest BCUT2D eigenvalue weighted by molar-refractivity contribution is -0.131. The van der Waals surface area contributed by atoms with Crippen LogP contribution < -0.4 is 11.2 Å². The Kier molecular flexibility index (Phi) is 4.58. The van der Waals surface area contributed by atoms with Gasteiger partial charge in [0, 0.05) is 37.8 Å². The number of aromatic amines is 2. The molecule has 146 valence electrons. The van der Waals surface area contributed by atoms with Crippen LogP contribution in [0.15, 0.2) is 34.0 Å². The zero-order valence-electron chi connectivity index (χ0n) is 15.4. The van der Waals surface area contributed by atoms with E-state index in [1.807, 2.05) is 0 Å². The quantitative estimate of drug-likeness (QED) is 0.703. The van der Waals surface area contributed by atoms with Gasteiger partial charge in [-0.15, -0.1) is 0 Å². The molecule has 3 heterocycles. The number of hydrogen-bond donors (Lipinski definition) is 2. The molecule has 0 radical (unpaired) electrons. The maximum Gasteiger partial charge on any atom is 0.328 e. The summed E-state index contributed by atoms with van der Waals surface area (Å²) in [4.78, 5) is 48.0. The van der Waals surface area contributed by atoms with Gasteiger partial charge in [0.2, 0.25) is 5.91 Å². The molecule has 3 aromatic rings. The van der Waals surface area contributed by atoms with Crippen molar-refractivity contribution in [2.24, 2.45) is 7.05 Å². The Morgan fingerprint density at radius 3 is 2.79 bits per heavy atom. The molecule has 0 spiro atoms. The Morgan fingerprint density at radius 1 is 1.29 bits per heavy atom. The number of carbonyl (C=O) groups is 1. The van der Waals surface area contributed by atoms with Gasteiger partial charge in [-0.1, -0.05) is 0 Å². The van der Waals surface area contributed by atoms with Crippen LogP contribution in [0.4, 0.5) is 4.39 Å². The Bertz CT molecular complexity index is 1150. The number of H-pyrrole nitrogens is 2. The lowest BCUT2D eigenvalue weighted by Crippen LogP contribution is -2.41. The van der Waals surface area contributed by atoms with Gasteiger partial charge < -0.3 is 14.9 Å². The maximum atomic E-state index is 13.3. The Labute approximate surface area is 159 Å². The van der Waals surface area contributed by atoms with Crippen LogP contribution >= 0.6 is 0 Å². The van der Waals surface area contributed by atoms with Crippen molar-refractivity contribution in [3.8, 4) is 0 Å². The standard InChI is InChI=1S/C19H20FN5O3/c1-24-18(27)12(10-21-19(24)28)8-16(26)25-6-4-11(5-7-25)17-22-14-3-2-13(20)9-15(14)23-17/h2-3,9-11H,4-8H2,1H3,(H,21,28)(H,22,23). The van der Waals surface area contributed by atoms with Crippen molar-refractivity contribution in [1.29, 1.82) is 0 Å². The highest BCUT2D eigenvalue weighted by molar-refractivity contribution is 5.78. The SMILES string of the molecule is Cn1c(=O)[nH]cc(CC(=O)N2CCC(c3nc4ccc(F)cc4[nH]3)CC2)c1=O. The molecule has 4 rings (SSSR count). The molecular weight excluding hydrogens is 365 g/mol. The molecule has 1 aliphatic rings. The van der Waals surface area contributed by atoms with Gasteiger partial charge in [-0.3, -0.25) is 14.2 Å². The summed E-state index contributed by atoms with van der Waals surface area (Å²) < 4.78 is 14.3. The average Bonchev–Trinajstić information content (AvgIpc) is 3.11. The zero-order chi connectivity index (χ0) is 19.8. The van der Waals surface area contributed by atoms with Gasteiger partial charge >= 0.3 is 5.69 Å². The summed E-state index contributed by atoms with van der Waals surface area (Å²) in [5.74, 6) is 0.522. The second kappa shape index (κ2) is 7.06. The molecule has 1 aromatic carbocycles. The summed E-state index contributed by atoms with van der Waals surface area (Å²) in [7, 11) is 1.37. The number of benzene rings is 1. The zero-order valence-corrected chi connectivity index (χ0v) is 15.4. The second-order valence-corrected chi connectivity index (χ2v) is 7.10. The van der Waals surface area contributed by atoms with Crippen molar-refractivity contribution in [1.82, 2.24) is 24.4 Å². The molecule has 9 heteroatoms. The number of piperidine rings is 1. The lowest BCUT2D eigenvalue weighted by Gasteiger charge is -2.31. The van der Waals surface area contributed by atoms with Crippen LogP contribution in [0.1, 0.15) is 30.1 Å². The molecule has 0 atom stereocenters. The third-order valence-electron chi connectivity index (χ3n) is 5.29. The van der Waals surface area contributed by atoms with E-state index in [1.54, 1.807) is 11.0 Å². The van der Waals surface area contributed by atoms with Crippen LogP contribution in [0.25, 0.3) is 11.0 Å². The van der Waals surface area contributed by atoms with Crippen LogP contribution in [0.5, 0.6) is 0 Å². The van der Waals surface area contributed by atoms with Gasteiger partial charge in [-0.05, 0) is 31.0 Å². The molecule has 1 saturated heterocycles. The fourth-order valence-electron chi connectivity index (χ4n) is 3.61. The highest BCUT2D eigenvalue weighted by atomic mass is 19.1. The number of carbonyl (C=O) groups excluding carboxylic acids is 1. The van der Waals surface area contributed by atoms with Crippen molar-refractivity contribution in [2.75, 3.05) is 13.1 Å². The first kappa shape index (κ1) is 18.1. The first-order chi connectivity index (χ1) is 13.4. The third-order valence-corrected chi connectivity index (χ3v) is 5.29. The van der Waals surface area contributed by atoms with Gasteiger partial charge in [0.25, 0.3) is 5.56 Å². The van der Waals surface area contributed by atoms with Crippen LogP contribution in [-0.2, 0) is 18.3 Å². The normalized spacial score (nSPS) is 15.3. The van der Waals surface area contributed by atoms with E-state index in [4.69, 9.17) is 0 Å². The minimum Gasteiger partial charge on any atom is -0.342 e. The van der Waals surface area contributed by atoms with Crippen LogP contribution in [0, 0.1) is 5.82 Å². The predicted octanol–water partition coefficient (Wildman–Crippen LogP) is 1.04. The topological polar surface area (TPSA) is 104 Å². The first-order valence-corrected chi connectivity index (χ1v) is 9.13. The maximum absolute atomic E-state index is 13.3. The molecule has 2 aromatic heterocycles. The summed E-state index contributed by atoms with van der Waals surface area (Å²) in [6, 6.07) is 4.46. The highest BCUT2D eigenvalue weighted by Gasteiger charge is 2.26. The van der Waals surface area contributed by atoms with E-state index in [1.165, 1.54) is 25.4 Å². The number of likely N-dealkylation sites (tertiary alicyclic amines) is 1. The summed E-state index contributed by atoms with van der Waals surface area (Å²) in [6.45, 7) is 1.11. The van der Waals surface area contributed by atoms with Gasteiger partial charge in [-0.2, -0.15) is 0 Å². The number of rotatable bonds is 3. The van der Waals surface area contributed by atoms with Crippen molar-refractivity contribution in [3.63, 3.8) is 0 Å². The fraction of sp³-hybridized carbons (Fsp3) is 0.368. The molecule has 1 aliphatic heterocycles. The van der Waals surface area contributed by atoms with Crippen LogP contribution in [0.3, 0.4) is 0 Å².